The molecule has 0 bridgehead atoms. The van der Waals surface area contributed by atoms with Crippen molar-refractivity contribution >= 4 is 11.3 Å². The highest BCUT2D eigenvalue weighted by molar-refractivity contribution is 7.14. The summed E-state index contributed by atoms with van der Waals surface area (Å²) in [7, 11) is 0. The molecule has 0 aliphatic rings. The number of halogens is 3. The lowest BCUT2D eigenvalue weighted by atomic mass is 10.1. The minimum atomic E-state index is -4.62. The number of unbranched alkanes of at least 4 members (excludes halogenated alkanes) is 1. The third-order valence-electron chi connectivity index (χ3n) is 4.55. The first-order valence-corrected chi connectivity index (χ1v) is 10.8. The van der Waals surface area contributed by atoms with Gasteiger partial charge in [0.25, 0.3) is 0 Å². The molecule has 33 heavy (non-hydrogen) atoms. The van der Waals surface area contributed by atoms with E-state index < -0.39 is 17.8 Å². The summed E-state index contributed by atoms with van der Waals surface area (Å²) in [5, 5.41) is 26.4. The van der Waals surface area contributed by atoms with Crippen molar-refractivity contribution in [2.75, 3.05) is 19.8 Å². The van der Waals surface area contributed by atoms with Crippen LogP contribution in [-0.4, -0.2) is 35.1 Å². The summed E-state index contributed by atoms with van der Waals surface area (Å²) in [5.41, 5.74) is 5.42. The van der Waals surface area contributed by atoms with Crippen molar-refractivity contribution in [2.45, 2.75) is 25.1 Å². The van der Waals surface area contributed by atoms with Crippen LogP contribution in [0.2, 0.25) is 0 Å². The first-order chi connectivity index (χ1) is 15.8. The fourth-order valence-electron chi connectivity index (χ4n) is 2.84. The zero-order valence-electron chi connectivity index (χ0n) is 17.4. The Morgan fingerprint density at radius 1 is 1.06 bits per heavy atom. The summed E-state index contributed by atoms with van der Waals surface area (Å²) >= 11 is 1.02. The molecule has 0 fully saturated rings. The normalized spacial score (nSPS) is 12.2. The van der Waals surface area contributed by atoms with Crippen molar-refractivity contribution in [3.63, 3.8) is 0 Å². The van der Waals surface area contributed by atoms with Crippen LogP contribution >= 0.6 is 11.3 Å². The van der Waals surface area contributed by atoms with E-state index >= 15 is 0 Å². The summed E-state index contributed by atoms with van der Waals surface area (Å²) in [6, 6.07) is 11.8. The minimum absolute atomic E-state index is 0.0694. The molecule has 3 aromatic rings. The van der Waals surface area contributed by atoms with E-state index in [0.717, 1.165) is 17.4 Å². The molecule has 1 aromatic heterocycles. The van der Waals surface area contributed by atoms with Crippen LogP contribution in [0.5, 0.6) is 11.5 Å². The van der Waals surface area contributed by atoms with Gasteiger partial charge >= 0.3 is 6.18 Å². The maximum atomic E-state index is 13.6. The Kier molecular flexibility index (Phi) is 8.21. The average molecular weight is 478 g/mol. The van der Waals surface area contributed by atoms with Crippen LogP contribution in [0.1, 0.15) is 35.0 Å². The second kappa shape index (κ2) is 11.1. The van der Waals surface area contributed by atoms with E-state index in [0.29, 0.717) is 35.8 Å². The third-order valence-corrected chi connectivity index (χ3v) is 5.65. The summed E-state index contributed by atoms with van der Waals surface area (Å²) < 4.78 is 51.8. The molecule has 0 aliphatic heterocycles. The van der Waals surface area contributed by atoms with Gasteiger partial charge in [-0.15, -0.1) is 10.2 Å². The number of benzene rings is 2. The van der Waals surface area contributed by atoms with Gasteiger partial charge in [0.2, 0.25) is 0 Å². The highest BCUT2D eigenvalue weighted by Crippen LogP contribution is 2.39. The summed E-state index contributed by atoms with van der Waals surface area (Å²) in [6.07, 6.45) is -3.62. The number of hydrogen-bond donors (Lipinski definition) is 2. The van der Waals surface area contributed by atoms with Gasteiger partial charge in [-0.2, -0.15) is 18.4 Å². The Bertz CT molecular complexity index is 1110. The monoisotopic (exact) mass is 478 g/mol. The number of ether oxygens (including phenoxy) is 2. The first kappa shape index (κ1) is 24.4. The van der Waals surface area contributed by atoms with Crippen LogP contribution in [0.4, 0.5) is 13.2 Å². The molecule has 0 radical (unpaired) electrons. The molecular formula is C22H21F3N4O3S. The van der Waals surface area contributed by atoms with Gasteiger partial charge < -0.3 is 20.3 Å². The zero-order chi connectivity index (χ0) is 23.8. The number of aromatic nitrogens is 2. The summed E-state index contributed by atoms with van der Waals surface area (Å²) in [6.45, 7) is 0.0353. The number of aliphatic hydroxyl groups excluding tert-OH is 1. The van der Waals surface area contributed by atoms with Gasteiger partial charge in [-0.25, -0.2) is 0 Å². The number of alkyl halides is 3. The number of aliphatic hydroxyl groups is 1. The van der Waals surface area contributed by atoms with Crippen molar-refractivity contribution in [1.82, 2.24) is 10.2 Å². The lowest BCUT2D eigenvalue weighted by Crippen LogP contribution is -2.13. The topological polar surface area (TPSA) is 114 Å². The molecule has 2 aromatic carbocycles. The quantitative estimate of drug-likeness (QED) is 0.417. The Labute approximate surface area is 192 Å². The number of rotatable bonds is 10. The molecule has 11 heteroatoms. The lowest BCUT2D eigenvalue weighted by molar-refractivity contribution is -0.138. The van der Waals surface area contributed by atoms with Crippen LogP contribution in [0.3, 0.4) is 0 Å². The molecule has 0 spiro atoms. The van der Waals surface area contributed by atoms with Gasteiger partial charge in [-0.3, -0.25) is 0 Å². The second-order valence-corrected chi connectivity index (χ2v) is 7.96. The van der Waals surface area contributed by atoms with E-state index in [1.54, 1.807) is 24.3 Å². The van der Waals surface area contributed by atoms with Gasteiger partial charge in [0.05, 0.1) is 37.0 Å². The van der Waals surface area contributed by atoms with Gasteiger partial charge in [-0.05, 0) is 43.2 Å². The second-order valence-electron chi connectivity index (χ2n) is 6.96. The van der Waals surface area contributed by atoms with Crippen LogP contribution in [0.25, 0.3) is 10.6 Å². The SMILES string of the molecule is N#Cc1ccccc1OCCCCOc1ccc(-c2nnc(C(N)CO)s2)cc1C(F)(F)F. The molecule has 0 aliphatic carbocycles. The number of nitrogens with zero attached hydrogens (tertiary/aromatic N) is 3. The van der Waals surface area contributed by atoms with Crippen LogP contribution < -0.4 is 15.2 Å². The van der Waals surface area contributed by atoms with Crippen LogP contribution in [0.15, 0.2) is 42.5 Å². The van der Waals surface area contributed by atoms with E-state index in [-0.39, 0.29) is 29.5 Å². The Morgan fingerprint density at radius 2 is 1.76 bits per heavy atom. The smallest absolute Gasteiger partial charge is 0.419 e. The molecule has 0 amide bonds. The Morgan fingerprint density at radius 3 is 2.42 bits per heavy atom. The van der Waals surface area contributed by atoms with E-state index in [1.165, 1.54) is 12.1 Å². The molecule has 0 saturated carbocycles. The average Bonchev–Trinajstić information content (AvgIpc) is 3.30. The van der Waals surface area contributed by atoms with Gasteiger partial charge in [-0.1, -0.05) is 23.5 Å². The standard InChI is InChI=1S/C22H21F3N4O3S/c23-22(24,25)16-11-14(20-28-29-21(33-20)17(27)13-30)7-8-19(16)32-10-4-3-9-31-18-6-2-1-5-15(18)12-26/h1-2,5-8,11,17,30H,3-4,9-10,13,27H2. The van der Waals surface area contributed by atoms with E-state index in [2.05, 4.69) is 10.2 Å². The van der Waals surface area contributed by atoms with Crippen molar-refractivity contribution in [3.8, 4) is 28.1 Å². The predicted molar refractivity (Wildman–Crippen MR) is 116 cm³/mol. The van der Waals surface area contributed by atoms with Gasteiger partial charge in [0.1, 0.15) is 27.6 Å². The fraction of sp³-hybridized carbons (Fsp3) is 0.318. The Hall–Kier alpha value is -3.20. The highest BCUT2D eigenvalue weighted by atomic mass is 32.1. The molecule has 0 saturated heterocycles. The van der Waals surface area contributed by atoms with Crippen molar-refractivity contribution in [1.29, 1.82) is 5.26 Å². The van der Waals surface area contributed by atoms with Crippen molar-refractivity contribution in [2.24, 2.45) is 5.73 Å². The zero-order valence-corrected chi connectivity index (χ0v) is 18.2. The summed E-state index contributed by atoms with van der Waals surface area (Å²) in [4.78, 5) is 0. The predicted octanol–water partition coefficient (Wildman–Crippen LogP) is 4.33. The molecule has 174 valence electrons. The highest BCUT2D eigenvalue weighted by Gasteiger charge is 2.35. The van der Waals surface area contributed by atoms with Crippen molar-refractivity contribution < 1.29 is 27.8 Å². The molecule has 1 atom stereocenters. The van der Waals surface area contributed by atoms with Crippen LogP contribution in [0, 0.1) is 11.3 Å². The number of hydrogen-bond acceptors (Lipinski definition) is 8. The van der Waals surface area contributed by atoms with E-state index in [9.17, 15) is 13.2 Å². The first-order valence-electron chi connectivity index (χ1n) is 9.99. The largest absolute Gasteiger partial charge is 0.493 e. The van der Waals surface area contributed by atoms with E-state index in [4.69, 9.17) is 25.6 Å². The number of nitriles is 1. The summed E-state index contributed by atoms with van der Waals surface area (Å²) in [5.74, 6) is 0.189. The van der Waals surface area contributed by atoms with Crippen molar-refractivity contribution in [3.05, 3.63) is 58.6 Å². The van der Waals surface area contributed by atoms with Gasteiger partial charge in [0.15, 0.2) is 0 Å². The molecular weight excluding hydrogens is 457 g/mol. The van der Waals surface area contributed by atoms with Gasteiger partial charge in [0, 0.05) is 5.56 Å². The molecule has 7 nitrogen and oxygen atoms in total. The minimum Gasteiger partial charge on any atom is -0.493 e. The van der Waals surface area contributed by atoms with E-state index in [1.807, 2.05) is 6.07 Å². The third kappa shape index (κ3) is 6.41. The molecule has 3 N–H and O–H groups in total. The Balaban J connectivity index is 1.60. The number of para-hydroxylation sites is 1. The number of nitrogens with two attached hydrogens (primary N) is 1. The lowest BCUT2D eigenvalue weighted by Gasteiger charge is -2.15. The molecule has 1 heterocycles. The molecule has 1 unspecified atom stereocenters. The molecule has 3 rings (SSSR count). The maximum absolute atomic E-state index is 13.6. The van der Waals surface area contributed by atoms with Crippen LogP contribution in [-0.2, 0) is 6.18 Å². The fourth-order valence-corrected chi connectivity index (χ4v) is 3.67. The maximum Gasteiger partial charge on any atom is 0.419 e.